The van der Waals surface area contributed by atoms with Crippen LogP contribution in [0, 0.1) is 0 Å². The van der Waals surface area contributed by atoms with E-state index in [4.69, 9.17) is 4.74 Å². The second-order valence-electron chi connectivity index (χ2n) is 4.93. The van der Waals surface area contributed by atoms with Crippen LogP contribution in [0.3, 0.4) is 0 Å². The highest BCUT2D eigenvalue weighted by Gasteiger charge is 2.16. The van der Waals surface area contributed by atoms with Crippen LogP contribution in [0.1, 0.15) is 52.7 Å². The molecule has 0 aliphatic heterocycles. The molecule has 0 atom stereocenters. The molecule has 0 aromatic carbocycles. The van der Waals surface area contributed by atoms with Gasteiger partial charge in [0.15, 0.2) is 0 Å². The molecule has 110 valence electrons. The molecule has 0 spiro atoms. The van der Waals surface area contributed by atoms with Gasteiger partial charge >= 0.3 is 5.97 Å². The number of aryl methyl sites for hydroxylation is 2. The maximum absolute atomic E-state index is 12.0. The van der Waals surface area contributed by atoms with E-state index in [1.807, 2.05) is 6.07 Å². The van der Waals surface area contributed by atoms with Gasteiger partial charge < -0.3 is 10.1 Å². The molecular weight excluding hydrogens is 274 g/mol. The van der Waals surface area contributed by atoms with Crippen LogP contribution in [0.5, 0.6) is 0 Å². The van der Waals surface area contributed by atoms with E-state index in [0.29, 0.717) is 26.0 Å². The van der Waals surface area contributed by atoms with E-state index in [2.05, 4.69) is 5.32 Å². The van der Waals surface area contributed by atoms with E-state index in [9.17, 15) is 9.59 Å². The molecule has 1 aromatic heterocycles. The Bertz CT molecular complexity index is 458. The number of amides is 1. The van der Waals surface area contributed by atoms with Gasteiger partial charge in [0.1, 0.15) is 0 Å². The van der Waals surface area contributed by atoms with Crippen molar-refractivity contribution in [3.63, 3.8) is 0 Å². The maximum Gasteiger partial charge on any atom is 0.305 e. The Kier molecular flexibility index (Phi) is 5.59. The van der Waals surface area contributed by atoms with Crippen LogP contribution >= 0.6 is 11.3 Å². The summed E-state index contributed by atoms with van der Waals surface area (Å²) in [6.45, 7) is 2.71. The number of hydrogen-bond acceptors (Lipinski definition) is 4. The molecule has 5 heteroatoms. The minimum Gasteiger partial charge on any atom is -0.466 e. The second-order valence-corrected chi connectivity index (χ2v) is 6.07. The smallest absolute Gasteiger partial charge is 0.305 e. The van der Waals surface area contributed by atoms with Gasteiger partial charge in [-0.15, -0.1) is 11.3 Å². The SMILES string of the molecule is CCOC(=O)CCCNC(=O)c1cc2c(s1)CCCC2. The fourth-order valence-corrected chi connectivity index (χ4v) is 3.53. The lowest BCUT2D eigenvalue weighted by atomic mass is 9.99. The largest absolute Gasteiger partial charge is 0.466 e. The zero-order valence-electron chi connectivity index (χ0n) is 11.9. The van der Waals surface area contributed by atoms with E-state index < -0.39 is 0 Å². The number of ether oxygens (including phenoxy) is 1. The third-order valence-corrected chi connectivity index (χ3v) is 4.60. The fraction of sp³-hybridized carbons (Fsp3) is 0.600. The highest BCUT2D eigenvalue weighted by Crippen LogP contribution is 2.29. The zero-order chi connectivity index (χ0) is 14.4. The lowest BCUT2D eigenvalue weighted by molar-refractivity contribution is -0.143. The first-order valence-corrected chi connectivity index (χ1v) is 8.07. The van der Waals surface area contributed by atoms with Crippen molar-refractivity contribution in [3.8, 4) is 0 Å². The van der Waals surface area contributed by atoms with Crippen molar-refractivity contribution in [1.82, 2.24) is 5.32 Å². The van der Waals surface area contributed by atoms with Crippen LogP contribution in [-0.2, 0) is 22.4 Å². The van der Waals surface area contributed by atoms with E-state index in [0.717, 1.165) is 17.7 Å². The summed E-state index contributed by atoms with van der Waals surface area (Å²) in [5.41, 5.74) is 1.35. The molecule has 0 fully saturated rings. The summed E-state index contributed by atoms with van der Waals surface area (Å²) in [5.74, 6) is -0.221. The van der Waals surface area contributed by atoms with Gasteiger partial charge in [-0.25, -0.2) is 0 Å². The van der Waals surface area contributed by atoms with E-state index in [-0.39, 0.29) is 11.9 Å². The molecule has 1 aromatic rings. The normalized spacial score (nSPS) is 13.7. The molecule has 20 heavy (non-hydrogen) atoms. The van der Waals surface area contributed by atoms with Gasteiger partial charge in [-0.05, 0) is 50.7 Å². The monoisotopic (exact) mass is 295 g/mol. The molecule has 1 heterocycles. The lowest BCUT2D eigenvalue weighted by Gasteiger charge is -2.08. The second kappa shape index (κ2) is 7.43. The van der Waals surface area contributed by atoms with Crippen molar-refractivity contribution in [2.45, 2.75) is 45.4 Å². The summed E-state index contributed by atoms with van der Waals surface area (Å²) < 4.78 is 4.84. The number of carbonyl (C=O) groups is 2. The molecule has 0 radical (unpaired) electrons. The number of rotatable bonds is 6. The van der Waals surface area contributed by atoms with E-state index in [1.165, 1.54) is 23.3 Å². The first-order chi connectivity index (χ1) is 9.70. The summed E-state index contributed by atoms with van der Waals surface area (Å²) in [6.07, 6.45) is 5.64. The third kappa shape index (κ3) is 4.07. The topological polar surface area (TPSA) is 55.4 Å². The molecule has 2 rings (SSSR count). The molecule has 1 aliphatic rings. The quantitative estimate of drug-likeness (QED) is 0.648. The van der Waals surface area contributed by atoms with Crippen LogP contribution in [0.25, 0.3) is 0 Å². The molecule has 1 N–H and O–H groups in total. The summed E-state index contributed by atoms with van der Waals surface area (Å²) in [7, 11) is 0. The van der Waals surface area contributed by atoms with Crippen molar-refractivity contribution in [2.24, 2.45) is 0 Å². The van der Waals surface area contributed by atoms with Gasteiger partial charge in [-0.1, -0.05) is 0 Å². The molecule has 0 unspecified atom stereocenters. The predicted octanol–water partition coefficient (Wildman–Crippen LogP) is 2.70. The number of thiophene rings is 1. The number of nitrogens with one attached hydrogen (secondary N) is 1. The van der Waals surface area contributed by atoms with Gasteiger partial charge in [0.2, 0.25) is 0 Å². The van der Waals surface area contributed by atoms with E-state index in [1.54, 1.807) is 18.3 Å². The number of esters is 1. The molecule has 4 nitrogen and oxygen atoms in total. The van der Waals surface area contributed by atoms with E-state index >= 15 is 0 Å². The van der Waals surface area contributed by atoms with Gasteiger partial charge in [-0.3, -0.25) is 9.59 Å². The van der Waals surface area contributed by atoms with Gasteiger partial charge in [0, 0.05) is 17.8 Å². The molecule has 0 saturated heterocycles. The van der Waals surface area contributed by atoms with Gasteiger partial charge in [-0.2, -0.15) is 0 Å². The first-order valence-electron chi connectivity index (χ1n) is 7.26. The average Bonchev–Trinajstić information content (AvgIpc) is 2.87. The predicted molar refractivity (Wildman–Crippen MR) is 79.2 cm³/mol. The molecular formula is C15H21NO3S. The fourth-order valence-electron chi connectivity index (χ4n) is 2.36. The van der Waals surface area contributed by atoms with Crippen LogP contribution in [0.15, 0.2) is 6.07 Å². The highest BCUT2D eigenvalue weighted by atomic mass is 32.1. The van der Waals surface area contributed by atoms with Crippen LogP contribution in [0.4, 0.5) is 0 Å². The maximum atomic E-state index is 12.0. The van der Waals surface area contributed by atoms with Gasteiger partial charge in [0.25, 0.3) is 5.91 Å². The summed E-state index contributed by atoms with van der Waals surface area (Å²) in [6, 6.07) is 2.03. The minimum absolute atomic E-state index is 0.0201. The highest BCUT2D eigenvalue weighted by molar-refractivity contribution is 7.14. The van der Waals surface area contributed by atoms with Crippen molar-refractivity contribution in [3.05, 3.63) is 21.4 Å². The van der Waals surface area contributed by atoms with Crippen molar-refractivity contribution < 1.29 is 14.3 Å². The Balaban J connectivity index is 1.75. The third-order valence-electron chi connectivity index (χ3n) is 3.37. The number of carbonyl (C=O) groups excluding carboxylic acids is 2. The van der Waals surface area contributed by atoms with Crippen LogP contribution in [-0.4, -0.2) is 25.0 Å². The molecule has 0 saturated carbocycles. The van der Waals surface area contributed by atoms with Gasteiger partial charge in [0.05, 0.1) is 11.5 Å². The van der Waals surface area contributed by atoms with Crippen molar-refractivity contribution in [1.29, 1.82) is 0 Å². The zero-order valence-corrected chi connectivity index (χ0v) is 12.7. The average molecular weight is 295 g/mol. The standard InChI is InChI=1S/C15H21NO3S/c1-2-19-14(17)8-5-9-16-15(18)13-10-11-6-3-4-7-12(11)20-13/h10H,2-9H2,1H3,(H,16,18). The van der Waals surface area contributed by atoms with Crippen molar-refractivity contribution >= 4 is 23.2 Å². The van der Waals surface area contributed by atoms with Crippen LogP contribution < -0.4 is 5.32 Å². The van der Waals surface area contributed by atoms with Crippen LogP contribution in [0.2, 0.25) is 0 Å². The number of hydrogen-bond donors (Lipinski definition) is 1. The Hall–Kier alpha value is -1.36. The molecule has 0 bridgehead atoms. The molecule has 1 amide bonds. The lowest BCUT2D eigenvalue weighted by Crippen LogP contribution is -2.24. The first kappa shape index (κ1) is 15.0. The molecule has 1 aliphatic carbocycles. The summed E-state index contributed by atoms with van der Waals surface area (Å²) >= 11 is 1.61. The Labute approximate surface area is 123 Å². The Morgan fingerprint density at radius 1 is 1.35 bits per heavy atom. The number of fused-ring (bicyclic) bond motifs is 1. The minimum atomic E-state index is -0.201. The summed E-state index contributed by atoms with van der Waals surface area (Å²) in [5, 5.41) is 2.87. The Morgan fingerprint density at radius 2 is 2.15 bits per heavy atom. The Morgan fingerprint density at radius 3 is 2.90 bits per heavy atom. The van der Waals surface area contributed by atoms with Crippen molar-refractivity contribution in [2.75, 3.05) is 13.2 Å². The summed E-state index contributed by atoms with van der Waals surface area (Å²) in [4.78, 5) is 25.3.